The van der Waals surface area contributed by atoms with E-state index in [1.54, 1.807) is 41.3 Å². The van der Waals surface area contributed by atoms with E-state index in [1.165, 1.54) is 0 Å². The summed E-state index contributed by atoms with van der Waals surface area (Å²) in [6, 6.07) is 10.5. The van der Waals surface area contributed by atoms with Gasteiger partial charge in [0.2, 0.25) is 11.8 Å². The zero-order valence-corrected chi connectivity index (χ0v) is 18.2. The average Bonchev–Trinajstić information content (AvgIpc) is 2.69. The zero-order valence-electron chi connectivity index (χ0n) is 15.8. The minimum Gasteiger partial charge on any atom is -0.486 e. The third-order valence-corrected chi connectivity index (χ3v) is 5.02. The van der Waals surface area contributed by atoms with Crippen molar-refractivity contribution in [3.05, 3.63) is 45.9 Å². The van der Waals surface area contributed by atoms with Gasteiger partial charge in [-0.3, -0.25) is 14.5 Å². The van der Waals surface area contributed by atoms with Crippen LogP contribution in [0.5, 0.6) is 11.5 Å². The topological polar surface area (TPSA) is 79.9 Å². The third kappa shape index (κ3) is 6.09. The molecule has 154 valence electrons. The van der Waals surface area contributed by atoms with E-state index < -0.39 is 0 Å². The Hall–Kier alpha value is -2.29. The van der Waals surface area contributed by atoms with Gasteiger partial charge in [-0.1, -0.05) is 34.5 Å². The Morgan fingerprint density at radius 1 is 1.03 bits per heavy atom. The number of anilines is 2. The van der Waals surface area contributed by atoms with Crippen LogP contribution in [-0.4, -0.2) is 49.6 Å². The number of fused-ring (bicyclic) bond motifs is 1. The molecule has 0 radical (unpaired) electrons. The first-order chi connectivity index (χ1) is 13.9. The highest BCUT2D eigenvalue weighted by Crippen LogP contribution is 2.32. The van der Waals surface area contributed by atoms with Crippen LogP contribution < -0.4 is 20.1 Å². The Morgan fingerprint density at radius 2 is 1.72 bits per heavy atom. The summed E-state index contributed by atoms with van der Waals surface area (Å²) in [6.45, 7) is 3.56. The number of benzene rings is 2. The van der Waals surface area contributed by atoms with Crippen LogP contribution in [0.3, 0.4) is 0 Å². The zero-order chi connectivity index (χ0) is 20.8. The molecule has 0 saturated carbocycles. The lowest BCUT2D eigenvalue weighted by Crippen LogP contribution is -2.38. The SMILES string of the molecule is CCN(CC(=O)Nc1ccc2c(c1)OCCO2)CC(=O)Nc1ccc(Br)cc1Cl. The summed E-state index contributed by atoms with van der Waals surface area (Å²) in [5.74, 6) is 0.793. The Labute approximate surface area is 182 Å². The monoisotopic (exact) mass is 481 g/mol. The van der Waals surface area contributed by atoms with Crippen LogP contribution in [-0.2, 0) is 9.59 Å². The van der Waals surface area contributed by atoms with Crippen molar-refractivity contribution in [2.24, 2.45) is 0 Å². The molecule has 1 aliphatic rings. The highest BCUT2D eigenvalue weighted by atomic mass is 79.9. The number of hydrogen-bond acceptors (Lipinski definition) is 5. The second-order valence-electron chi connectivity index (χ2n) is 6.38. The number of carbonyl (C=O) groups is 2. The average molecular weight is 483 g/mol. The van der Waals surface area contributed by atoms with Crippen molar-refractivity contribution in [3.63, 3.8) is 0 Å². The number of ether oxygens (including phenoxy) is 2. The van der Waals surface area contributed by atoms with E-state index in [0.29, 0.717) is 47.7 Å². The molecule has 0 aliphatic carbocycles. The predicted molar refractivity (Wildman–Crippen MR) is 116 cm³/mol. The smallest absolute Gasteiger partial charge is 0.238 e. The van der Waals surface area contributed by atoms with Crippen LogP contribution in [0.15, 0.2) is 40.9 Å². The lowest BCUT2D eigenvalue weighted by molar-refractivity contribution is -0.119. The summed E-state index contributed by atoms with van der Waals surface area (Å²) in [5.41, 5.74) is 1.14. The molecule has 7 nitrogen and oxygen atoms in total. The largest absolute Gasteiger partial charge is 0.486 e. The van der Waals surface area contributed by atoms with Crippen molar-refractivity contribution in [3.8, 4) is 11.5 Å². The molecule has 9 heteroatoms. The van der Waals surface area contributed by atoms with Crippen molar-refractivity contribution in [1.82, 2.24) is 4.90 Å². The molecular formula is C20H21BrClN3O4. The van der Waals surface area contributed by atoms with E-state index in [2.05, 4.69) is 26.6 Å². The first-order valence-corrected chi connectivity index (χ1v) is 10.3. The summed E-state index contributed by atoms with van der Waals surface area (Å²) in [7, 11) is 0. The minimum absolute atomic E-state index is 0.0669. The molecule has 2 N–H and O–H groups in total. The second-order valence-corrected chi connectivity index (χ2v) is 7.71. The summed E-state index contributed by atoms with van der Waals surface area (Å²) in [5, 5.41) is 6.02. The fourth-order valence-corrected chi connectivity index (χ4v) is 3.51. The van der Waals surface area contributed by atoms with Gasteiger partial charge in [0.25, 0.3) is 0 Å². The molecule has 0 aromatic heterocycles. The van der Waals surface area contributed by atoms with Crippen molar-refractivity contribution >= 4 is 50.7 Å². The highest BCUT2D eigenvalue weighted by molar-refractivity contribution is 9.10. The lowest BCUT2D eigenvalue weighted by Gasteiger charge is -2.21. The molecule has 0 atom stereocenters. The predicted octanol–water partition coefficient (Wildman–Crippen LogP) is 3.77. The van der Waals surface area contributed by atoms with Gasteiger partial charge in [-0.2, -0.15) is 0 Å². The van der Waals surface area contributed by atoms with Crippen LogP contribution in [0.25, 0.3) is 0 Å². The maximum atomic E-state index is 12.4. The van der Waals surface area contributed by atoms with Crippen LogP contribution in [0.4, 0.5) is 11.4 Å². The molecular weight excluding hydrogens is 462 g/mol. The molecule has 2 amide bonds. The fraction of sp³-hybridized carbons (Fsp3) is 0.300. The first kappa shape index (κ1) is 21.4. The maximum absolute atomic E-state index is 12.4. The third-order valence-electron chi connectivity index (χ3n) is 4.21. The van der Waals surface area contributed by atoms with Gasteiger partial charge in [0.1, 0.15) is 13.2 Å². The molecule has 0 spiro atoms. The fourth-order valence-electron chi connectivity index (χ4n) is 2.79. The van der Waals surface area contributed by atoms with E-state index in [0.717, 1.165) is 4.47 Å². The summed E-state index contributed by atoms with van der Waals surface area (Å²) < 4.78 is 11.8. The van der Waals surface area contributed by atoms with Gasteiger partial charge >= 0.3 is 0 Å². The number of nitrogens with zero attached hydrogens (tertiary/aromatic N) is 1. The number of carbonyl (C=O) groups excluding carboxylic acids is 2. The standard InChI is InChI=1S/C20H21BrClN3O4/c1-2-25(12-20(27)24-16-5-3-13(21)9-15(16)22)11-19(26)23-14-4-6-17-18(10-14)29-8-7-28-17/h3-6,9-10H,2,7-8,11-12H2,1H3,(H,23,26)(H,24,27). The Bertz CT molecular complexity index is 909. The van der Waals surface area contributed by atoms with E-state index in [9.17, 15) is 9.59 Å². The molecule has 0 unspecified atom stereocenters. The Balaban J connectivity index is 1.53. The number of amides is 2. The minimum atomic E-state index is -0.247. The van der Waals surface area contributed by atoms with Crippen LogP contribution >= 0.6 is 27.5 Å². The van der Waals surface area contributed by atoms with Crippen LogP contribution in [0.1, 0.15) is 6.92 Å². The number of halogens is 2. The number of rotatable bonds is 7. The summed E-state index contributed by atoms with van der Waals surface area (Å²) in [4.78, 5) is 26.5. The van der Waals surface area contributed by atoms with Gasteiger partial charge in [0.05, 0.1) is 23.8 Å². The summed E-state index contributed by atoms with van der Waals surface area (Å²) in [6.07, 6.45) is 0. The molecule has 3 rings (SSSR count). The highest BCUT2D eigenvalue weighted by Gasteiger charge is 2.16. The van der Waals surface area contributed by atoms with Crippen molar-refractivity contribution in [2.45, 2.75) is 6.92 Å². The van der Waals surface area contributed by atoms with E-state index in [1.807, 2.05) is 6.92 Å². The molecule has 2 aromatic rings. The molecule has 0 bridgehead atoms. The van der Waals surface area contributed by atoms with Crippen LogP contribution in [0, 0.1) is 0 Å². The van der Waals surface area contributed by atoms with Gasteiger partial charge in [-0.15, -0.1) is 0 Å². The van der Waals surface area contributed by atoms with Crippen molar-refractivity contribution in [2.75, 3.05) is 43.5 Å². The molecule has 0 saturated heterocycles. The van der Waals surface area contributed by atoms with Crippen molar-refractivity contribution in [1.29, 1.82) is 0 Å². The molecule has 0 fully saturated rings. The molecule has 29 heavy (non-hydrogen) atoms. The normalized spacial score (nSPS) is 12.6. The van der Waals surface area contributed by atoms with E-state index in [-0.39, 0.29) is 24.9 Å². The molecule has 2 aromatic carbocycles. The van der Waals surface area contributed by atoms with Gasteiger partial charge in [0, 0.05) is 16.2 Å². The van der Waals surface area contributed by atoms with E-state index in [4.69, 9.17) is 21.1 Å². The van der Waals surface area contributed by atoms with Crippen molar-refractivity contribution < 1.29 is 19.1 Å². The number of hydrogen-bond donors (Lipinski definition) is 2. The maximum Gasteiger partial charge on any atom is 0.238 e. The van der Waals surface area contributed by atoms with Gasteiger partial charge in [0.15, 0.2) is 11.5 Å². The quantitative estimate of drug-likeness (QED) is 0.628. The summed E-state index contributed by atoms with van der Waals surface area (Å²) >= 11 is 9.45. The number of likely N-dealkylation sites (N-methyl/N-ethyl adjacent to an activating group) is 1. The molecule has 1 heterocycles. The van der Waals surface area contributed by atoms with Gasteiger partial charge < -0.3 is 20.1 Å². The van der Waals surface area contributed by atoms with Crippen LogP contribution in [0.2, 0.25) is 5.02 Å². The first-order valence-electron chi connectivity index (χ1n) is 9.11. The molecule has 1 aliphatic heterocycles. The lowest BCUT2D eigenvalue weighted by atomic mass is 10.2. The van der Waals surface area contributed by atoms with Gasteiger partial charge in [-0.25, -0.2) is 0 Å². The number of nitrogens with one attached hydrogen (secondary N) is 2. The Morgan fingerprint density at radius 3 is 2.41 bits per heavy atom. The van der Waals surface area contributed by atoms with Gasteiger partial charge in [-0.05, 0) is 36.9 Å². The Kier molecular flexibility index (Phi) is 7.35. The van der Waals surface area contributed by atoms with E-state index >= 15 is 0 Å². The second kappa shape index (κ2) is 9.96.